The van der Waals surface area contributed by atoms with Gasteiger partial charge in [-0.1, -0.05) is 0 Å². The predicted octanol–water partition coefficient (Wildman–Crippen LogP) is 4.47. The molecular formula is C21H16FN3O. The molecule has 0 aliphatic carbocycles. The molecule has 3 heterocycles. The Kier molecular flexibility index (Phi) is 3.28. The van der Waals surface area contributed by atoms with Crippen molar-refractivity contribution >= 4 is 11.0 Å². The quantitative estimate of drug-likeness (QED) is 0.538. The smallest absolute Gasteiger partial charge is 0.157 e. The highest BCUT2D eigenvalue weighted by Crippen LogP contribution is 2.33. The van der Waals surface area contributed by atoms with Crippen molar-refractivity contribution in [1.82, 2.24) is 14.5 Å². The van der Waals surface area contributed by atoms with Crippen LogP contribution in [0.5, 0.6) is 5.75 Å². The van der Waals surface area contributed by atoms with Crippen LogP contribution in [0.1, 0.15) is 11.4 Å². The average Bonchev–Trinajstić information content (AvgIpc) is 3.26. The van der Waals surface area contributed by atoms with Crippen LogP contribution in [-0.4, -0.2) is 21.1 Å². The van der Waals surface area contributed by atoms with Crippen LogP contribution in [0.15, 0.2) is 54.9 Å². The van der Waals surface area contributed by atoms with Gasteiger partial charge in [0.25, 0.3) is 0 Å². The Morgan fingerprint density at radius 1 is 1.08 bits per heavy atom. The van der Waals surface area contributed by atoms with E-state index < -0.39 is 0 Å². The molecule has 5 rings (SSSR count). The summed E-state index contributed by atoms with van der Waals surface area (Å²) in [6.07, 6.45) is 4.21. The summed E-state index contributed by atoms with van der Waals surface area (Å²) in [6, 6.07) is 13.2. The Hall–Kier alpha value is -3.21. The molecule has 0 spiro atoms. The Labute approximate surface area is 149 Å². The number of aryl methyl sites for hydroxylation is 1. The van der Waals surface area contributed by atoms with E-state index in [2.05, 4.69) is 16.0 Å². The lowest BCUT2D eigenvalue weighted by molar-refractivity contribution is 0.357. The lowest BCUT2D eigenvalue weighted by atomic mass is 10.1. The minimum Gasteiger partial charge on any atom is -0.493 e. The van der Waals surface area contributed by atoms with Crippen LogP contribution in [0.3, 0.4) is 0 Å². The second kappa shape index (κ2) is 5.66. The molecule has 0 amide bonds. The molecule has 0 bridgehead atoms. The molecule has 26 heavy (non-hydrogen) atoms. The molecule has 5 heteroatoms. The van der Waals surface area contributed by atoms with Gasteiger partial charge in [-0.15, -0.1) is 0 Å². The van der Waals surface area contributed by atoms with E-state index in [1.807, 2.05) is 41.8 Å². The van der Waals surface area contributed by atoms with Crippen LogP contribution in [0, 0.1) is 12.7 Å². The van der Waals surface area contributed by atoms with Crippen molar-refractivity contribution in [3.8, 4) is 22.6 Å². The molecule has 0 saturated heterocycles. The van der Waals surface area contributed by atoms with Crippen molar-refractivity contribution in [3.05, 3.63) is 72.1 Å². The highest BCUT2D eigenvalue weighted by Gasteiger charge is 2.19. The van der Waals surface area contributed by atoms with Crippen LogP contribution in [0.2, 0.25) is 0 Å². The summed E-state index contributed by atoms with van der Waals surface area (Å²) in [4.78, 5) is 8.57. The third-order valence-electron chi connectivity index (χ3n) is 4.85. The number of benzene rings is 2. The fourth-order valence-electron chi connectivity index (χ4n) is 3.63. The zero-order chi connectivity index (χ0) is 17.7. The van der Waals surface area contributed by atoms with E-state index in [-0.39, 0.29) is 5.82 Å². The van der Waals surface area contributed by atoms with Crippen molar-refractivity contribution in [3.63, 3.8) is 0 Å². The predicted molar refractivity (Wildman–Crippen MR) is 98.2 cm³/mol. The van der Waals surface area contributed by atoms with Crippen LogP contribution in [0.25, 0.3) is 27.8 Å². The Balaban J connectivity index is 1.76. The summed E-state index contributed by atoms with van der Waals surface area (Å²) < 4.78 is 22.9. The summed E-state index contributed by atoms with van der Waals surface area (Å²) in [6.45, 7) is 2.60. The van der Waals surface area contributed by atoms with Gasteiger partial charge in [-0.2, -0.15) is 0 Å². The van der Waals surface area contributed by atoms with Gasteiger partial charge in [-0.3, -0.25) is 9.55 Å². The van der Waals surface area contributed by atoms with Crippen molar-refractivity contribution in [2.45, 2.75) is 13.3 Å². The van der Waals surface area contributed by atoms with E-state index in [1.165, 1.54) is 0 Å². The first-order chi connectivity index (χ1) is 12.7. The highest BCUT2D eigenvalue weighted by molar-refractivity contribution is 5.85. The number of nitrogens with zero attached hydrogens (tertiary/aromatic N) is 3. The van der Waals surface area contributed by atoms with Gasteiger partial charge in [-0.05, 0) is 60.5 Å². The lowest BCUT2D eigenvalue weighted by Crippen LogP contribution is -2.00. The largest absolute Gasteiger partial charge is 0.493 e. The number of hydrogen-bond acceptors (Lipinski definition) is 3. The van der Waals surface area contributed by atoms with Crippen molar-refractivity contribution in [2.24, 2.45) is 0 Å². The molecule has 1 aliphatic heterocycles. The molecule has 0 N–H and O–H groups in total. The average molecular weight is 345 g/mol. The van der Waals surface area contributed by atoms with E-state index in [4.69, 9.17) is 4.74 Å². The van der Waals surface area contributed by atoms with Gasteiger partial charge in [-0.25, -0.2) is 9.37 Å². The summed E-state index contributed by atoms with van der Waals surface area (Å²) in [5.74, 6) is 1.39. The van der Waals surface area contributed by atoms with Crippen molar-refractivity contribution < 1.29 is 9.13 Å². The highest BCUT2D eigenvalue weighted by atomic mass is 19.1. The second-order valence-corrected chi connectivity index (χ2v) is 6.42. The zero-order valence-electron chi connectivity index (χ0n) is 14.2. The van der Waals surface area contributed by atoms with E-state index in [9.17, 15) is 0 Å². The van der Waals surface area contributed by atoms with Gasteiger partial charge in [0.05, 0.1) is 12.1 Å². The fraction of sp³-hybridized carbons (Fsp3) is 0.143. The molecule has 2 aromatic carbocycles. The fourth-order valence-corrected chi connectivity index (χ4v) is 3.63. The van der Waals surface area contributed by atoms with E-state index >= 15 is 4.39 Å². The molecule has 0 unspecified atom stereocenters. The lowest BCUT2D eigenvalue weighted by Gasteiger charge is -2.11. The molecule has 0 fully saturated rings. The van der Waals surface area contributed by atoms with Gasteiger partial charge in [0, 0.05) is 30.1 Å². The molecule has 0 atom stereocenters. The van der Waals surface area contributed by atoms with E-state index in [1.54, 1.807) is 18.5 Å². The van der Waals surface area contributed by atoms with E-state index in [0.29, 0.717) is 23.2 Å². The summed E-state index contributed by atoms with van der Waals surface area (Å²) >= 11 is 0. The molecule has 0 saturated carbocycles. The van der Waals surface area contributed by atoms with Gasteiger partial charge < -0.3 is 4.74 Å². The van der Waals surface area contributed by atoms with Gasteiger partial charge in [0.15, 0.2) is 5.82 Å². The maximum atomic E-state index is 15.5. The molecule has 4 nitrogen and oxygen atoms in total. The second-order valence-electron chi connectivity index (χ2n) is 6.42. The topological polar surface area (TPSA) is 39.9 Å². The summed E-state index contributed by atoms with van der Waals surface area (Å²) in [5, 5.41) is 0. The Morgan fingerprint density at radius 2 is 1.92 bits per heavy atom. The molecule has 128 valence electrons. The summed E-state index contributed by atoms with van der Waals surface area (Å²) in [7, 11) is 0. The van der Waals surface area contributed by atoms with E-state index in [0.717, 1.165) is 34.8 Å². The normalized spacial score (nSPS) is 13.0. The van der Waals surface area contributed by atoms with Crippen molar-refractivity contribution in [1.29, 1.82) is 0 Å². The maximum Gasteiger partial charge on any atom is 0.157 e. The van der Waals surface area contributed by atoms with Crippen LogP contribution < -0.4 is 4.74 Å². The SMILES string of the molecule is Cc1nc2ccc(-c3ccncc3)c(F)c2n1-c1ccc2c(c1)CCO2. The maximum absolute atomic E-state index is 15.5. The molecule has 1 aliphatic rings. The minimum atomic E-state index is -0.272. The standard InChI is InChI=1S/C21H16FN3O/c1-13-24-18-4-3-17(14-6-9-23-10-7-14)20(22)21(18)25(13)16-2-5-19-15(12-16)8-11-26-19/h2-7,9-10,12H,8,11H2,1H3. The summed E-state index contributed by atoms with van der Waals surface area (Å²) in [5.41, 5.74) is 4.54. The molecule has 4 aromatic rings. The number of halogens is 1. The first-order valence-corrected chi connectivity index (χ1v) is 8.56. The monoisotopic (exact) mass is 345 g/mol. The number of rotatable bonds is 2. The zero-order valence-corrected chi connectivity index (χ0v) is 14.2. The number of hydrogen-bond donors (Lipinski definition) is 0. The number of imidazole rings is 1. The number of ether oxygens (including phenoxy) is 1. The van der Waals surface area contributed by atoms with Gasteiger partial charge >= 0.3 is 0 Å². The number of aromatic nitrogens is 3. The van der Waals surface area contributed by atoms with Gasteiger partial charge in [0.1, 0.15) is 17.1 Å². The molecule has 0 radical (unpaired) electrons. The third kappa shape index (κ3) is 2.20. The van der Waals surface area contributed by atoms with Crippen LogP contribution >= 0.6 is 0 Å². The van der Waals surface area contributed by atoms with Crippen LogP contribution in [-0.2, 0) is 6.42 Å². The van der Waals surface area contributed by atoms with Gasteiger partial charge in [0.2, 0.25) is 0 Å². The first kappa shape index (κ1) is 15.1. The molecule has 2 aromatic heterocycles. The first-order valence-electron chi connectivity index (χ1n) is 8.56. The molecular weight excluding hydrogens is 329 g/mol. The minimum absolute atomic E-state index is 0.272. The Bertz CT molecular complexity index is 1140. The third-order valence-corrected chi connectivity index (χ3v) is 4.85. The van der Waals surface area contributed by atoms with Crippen LogP contribution in [0.4, 0.5) is 4.39 Å². The van der Waals surface area contributed by atoms with Crippen molar-refractivity contribution in [2.75, 3.05) is 6.61 Å². The number of pyridine rings is 1. The number of fused-ring (bicyclic) bond motifs is 2. The Morgan fingerprint density at radius 3 is 2.77 bits per heavy atom.